The molecule has 0 aromatic heterocycles. The zero-order valence-corrected chi connectivity index (χ0v) is 22.0. The third-order valence-corrected chi connectivity index (χ3v) is 7.81. The number of hydrogen-bond donors (Lipinski definition) is 2. The summed E-state index contributed by atoms with van der Waals surface area (Å²) in [7, 11) is -3.65. The number of morpholine rings is 1. The van der Waals surface area contributed by atoms with Crippen molar-refractivity contribution in [1.82, 2.24) is 15.5 Å². The number of nitrogens with one attached hydrogen (secondary N) is 2. The van der Waals surface area contributed by atoms with Gasteiger partial charge in [0, 0.05) is 31.0 Å². The zero-order chi connectivity index (χ0) is 25.8. The number of nitrogens with zero attached hydrogens (tertiary/aromatic N) is 1. The molecule has 2 aromatic rings. The van der Waals surface area contributed by atoms with Gasteiger partial charge in [0.1, 0.15) is 6.04 Å². The average molecular weight is 532 g/mol. The second-order valence-corrected chi connectivity index (χ2v) is 11.2. The Morgan fingerprint density at radius 1 is 1.03 bits per heavy atom. The molecule has 1 saturated heterocycles. The molecule has 194 valence electrons. The highest BCUT2D eigenvalue weighted by Gasteiger charge is 2.26. The van der Waals surface area contributed by atoms with Crippen LogP contribution in [0.25, 0.3) is 0 Å². The molecule has 1 aliphatic heterocycles. The fraction of sp³-hybridized carbons (Fsp3) is 0.385. The van der Waals surface area contributed by atoms with E-state index in [1.807, 2.05) is 36.6 Å². The van der Waals surface area contributed by atoms with Crippen LogP contribution in [0.4, 0.5) is 4.79 Å². The van der Waals surface area contributed by atoms with Crippen LogP contribution in [0.2, 0.25) is 0 Å². The van der Waals surface area contributed by atoms with Crippen molar-refractivity contribution in [2.24, 2.45) is 0 Å². The van der Waals surface area contributed by atoms with E-state index in [9.17, 15) is 18.0 Å². The number of amides is 3. The van der Waals surface area contributed by atoms with Crippen molar-refractivity contribution in [2.75, 3.05) is 38.3 Å². The van der Waals surface area contributed by atoms with Gasteiger partial charge in [-0.3, -0.25) is 4.79 Å². The SMILES string of the molecule is CSCC[C@@H](/C=C/S(=O)(=O)c1ccccc1)NC(=O)[C@H](Cc1ccccc1)NC(=O)N1CCOCC1. The summed E-state index contributed by atoms with van der Waals surface area (Å²) in [6.45, 7) is 1.84. The third kappa shape index (κ3) is 8.69. The molecule has 0 saturated carbocycles. The maximum Gasteiger partial charge on any atom is 0.318 e. The molecule has 2 N–H and O–H groups in total. The Labute approximate surface area is 217 Å². The van der Waals surface area contributed by atoms with Gasteiger partial charge in [0.25, 0.3) is 0 Å². The first-order valence-electron chi connectivity index (χ1n) is 11.8. The lowest BCUT2D eigenvalue weighted by molar-refractivity contribution is -0.123. The van der Waals surface area contributed by atoms with Gasteiger partial charge < -0.3 is 20.3 Å². The standard InChI is InChI=1S/C26H33N3O5S2/c1-35-18-12-22(13-19-36(32,33)23-10-6-3-7-11-23)27-25(30)24(20-21-8-4-2-5-9-21)28-26(31)29-14-16-34-17-15-29/h2-11,13,19,22,24H,12,14-18,20H2,1H3,(H,27,30)(H,28,31)/b19-13+/t22-,24-/m0/s1. The molecule has 3 rings (SSSR count). The van der Waals surface area contributed by atoms with Crippen molar-refractivity contribution in [3.63, 3.8) is 0 Å². The molecular formula is C26H33N3O5S2. The Hall–Kier alpha value is -2.82. The Kier molecular flexibility index (Phi) is 10.8. The largest absolute Gasteiger partial charge is 0.378 e. The molecule has 2 aromatic carbocycles. The van der Waals surface area contributed by atoms with Gasteiger partial charge >= 0.3 is 6.03 Å². The summed E-state index contributed by atoms with van der Waals surface area (Å²) >= 11 is 1.60. The zero-order valence-electron chi connectivity index (χ0n) is 20.3. The smallest absolute Gasteiger partial charge is 0.318 e. The second kappa shape index (κ2) is 14.1. The fourth-order valence-electron chi connectivity index (χ4n) is 3.70. The lowest BCUT2D eigenvalue weighted by Gasteiger charge is -2.29. The minimum absolute atomic E-state index is 0.191. The summed E-state index contributed by atoms with van der Waals surface area (Å²) in [5.41, 5.74) is 0.905. The number of rotatable bonds is 11. The molecule has 1 fully saturated rings. The van der Waals surface area contributed by atoms with E-state index >= 15 is 0 Å². The normalized spacial score (nSPS) is 15.9. The molecule has 10 heteroatoms. The summed E-state index contributed by atoms with van der Waals surface area (Å²) < 4.78 is 30.7. The van der Waals surface area contributed by atoms with Crippen LogP contribution in [-0.4, -0.2) is 75.7 Å². The van der Waals surface area contributed by atoms with Crippen LogP contribution in [0.15, 0.2) is 77.0 Å². The van der Waals surface area contributed by atoms with Crippen molar-refractivity contribution >= 4 is 33.5 Å². The average Bonchev–Trinajstić information content (AvgIpc) is 2.91. The first-order chi connectivity index (χ1) is 17.4. The molecule has 0 aliphatic carbocycles. The van der Waals surface area contributed by atoms with E-state index in [0.29, 0.717) is 39.1 Å². The fourth-order valence-corrected chi connectivity index (χ4v) is 5.28. The molecule has 36 heavy (non-hydrogen) atoms. The van der Waals surface area contributed by atoms with Gasteiger partial charge in [0.15, 0.2) is 9.84 Å². The highest BCUT2D eigenvalue weighted by Crippen LogP contribution is 2.13. The Morgan fingerprint density at radius 3 is 2.31 bits per heavy atom. The summed E-state index contributed by atoms with van der Waals surface area (Å²) in [5, 5.41) is 6.95. The predicted molar refractivity (Wildman–Crippen MR) is 143 cm³/mol. The highest BCUT2D eigenvalue weighted by molar-refractivity contribution is 7.98. The second-order valence-electron chi connectivity index (χ2n) is 8.37. The summed E-state index contributed by atoms with van der Waals surface area (Å²) in [6.07, 6.45) is 4.32. The number of carbonyl (C=O) groups is 2. The Bertz CT molecular complexity index is 1100. The van der Waals surface area contributed by atoms with Crippen LogP contribution in [0, 0.1) is 0 Å². The van der Waals surface area contributed by atoms with E-state index in [1.54, 1.807) is 34.9 Å². The Morgan fingerprint density at radius 2 is 1.67 bits per heavy atom. The van der Waals surface area contributed by atoms with Crippen LogP contribution in [0.3, 0.4) is 0 Å². The maximum atomic E-state index is 13.4. The number of urea groups is 1. The van der Waals surface area contributed by atoms with Crippen LogP contribution in [-0.2, 0) is 25.8 Å². The molecule has 0 unspecified atom stereocenters. The Balaban J connectivity index is 1.75. The molecule has 1 aliphatic rings. The van der Waals surface area contributed by atoms with Gasteiger partial charge in [-0.05, 0) is 36.1 Å². The molecule has 3 amide bonds. The van der Waals surface area contributed by atoms with E-state index in [-0.39, 0.29) is 16.8 Å². The van der Waals surface area contributed by atoms with Gasteiger partial charge in [-0.2, -0.15) is 11.8 Å². The van der Waals surface area contributed by atoms with E-state index < -0.39 is 21.9 Å². The van der Waals surface area contributed by atoms with Crippen LogP contribution in [0.5, 0.6) is 0 Å². The van der Waals surface area contributed by atoms with Crippen molar-refractivity contribution in [3.05, 3.63) is 77.7 Å². The van der Waals surface area contributed by atoms with Crippen LogP contribution < -0.4 is 10.6 Å². The van der Waals surface area contributed by atoms with Gasteiger partial charge in [-0.15, -0.1) is 0 Å². The van der Waals surface area contributed by atoms with Crippen LogP contribution >= 0.6 is 11.8 Å². The highest BCUT2D eigenvalue weighted by atomic mass is 32.2. The van der Waals surface area contributed by atoms with E-state index in [0.717, 1.165) is 16.7 Å². The number of sulfone groups is 1. The number of carbonyl (C=O) groups excluding carboxylic acids is 2. The lowest BCUT2D eigenvalue weighted by Crippen LogP contribution is -2.55. The molecule has 0 spiro atoms. The van der Waals surface area contributed by atoms with Crippen LogP contribution in [0.1, 0.15) is 12.0 Å². The number of hydrogen-bond acceptors (Lipinski definition) is 6. The number of benzene rings is 2. The van der Waals surface area contributed by atoms with Crippen molar-refractivity contribution in [2.45, 2.75) is 29.8 Å². The minimum atomic E-state index is -3.65. The number of thioether (sulfide) groups is 1. The van der Waals surface area contributed by atoms with Crippen molar-refractivity contribution in [3.8, 4) is 0 Å². The van der Waals surface area contributed by atoms with Crippen molar-refractivity contribution in [1.29, 1.82) is 0 Å². The molecule has 0 bridgehead atoms. The summed E-state index contributed by atoms with van der Waals surface area (Å²) in [5.74, 6) is 0.359. The van der Waals surface area contributed by atoms with Gasteiger partial charge in [-0.25, -0.2) is 13.2 Å². The lowest BCUT2D eigenvalue weighted by atomic mass is 10.0. The minimum Gasteiger partial charge on any atom is -0.378 e. The molecular weight excluding hydrogens is 498 g/mol. The molecule has 8 nitrogen and oxygen atoms in total. The van der Waals surface area contributed by atoms with Gasteiger partial charge in [0.05, 0.1) is 18.1 Å². The van der Waals surface area contributed by atoms with E-state index in [2.05, 4.69) is 10.6 Å². The van der Waals surface area contributed by atoms with E-state index in [4.69, 9.17) is 4.74 Å². The molecule has 0 radical (unpaired) electrons. The first-order valence-corrected chi connectivity index (χ1v) is 14.8. The van der Waals surface area contributed by atoms with E-state index in [1.165, 1.54) is 18.2 Å². The van der Waals surface area contributed by atoms with Gasteiger partial charge in [-0.1, -0.05) is 54.6 Å². The topological polar surface area (TPSA) is 105 Å². The van der Waals surface area contributed by atoms with Gasteiger partial charge in [0.2, 0.25) is 5.91 Å². The van der Waals surface area contributed by atoms with Crippen molar-refractivity contribution < 1.29 is 22.7 Å². The maximum absolute atomic E-state index is 13.4. The molecule has 1 heterocycles. The quantitative estimate of drug-likeness (QED) is 0.462. The monoisotopic (exact) mass is 531 g/mol. The summed E-state index contributed by atoms with van der Waals surface area (Å²) in [6, 6.07) is 16.0. The number of ether oxygens (including phenoxy) is 1. The first kappa shape index (κ1) is 27.8. The molecule has 2 atom stereocenters. The summed E-state index contributed by atoms with van der Waals surface area (Å²) in [4.78, 5) is 28.1. The third-order valence-electron chi connectivity index (χ3n) is 5.72. The predicted octanol–water partition coefficient (Wildman–Crippen LogP) is 2.87.